The molecule has 2 amide bonds. The fourth-order valence-corrected chi connectivity index (χ4v) is 2.13. The highest BCUT2D eigenvalue weighted by atomic mass is 16.6. The summed E-state index contributed by atoms with van der Waals surface area (Å²) in [5, 5.41) is 2.82. The molecule has 1 heterocycles. The lowest BCUT2D eigenvalue weighted by atomic mass is 10.1. The first kappa shape index (κ1) is 17.6. The summed E-state index contributed by atoms with van der Waals surface area (Å²) in [4.78, 5) is 25.3. The van der Waals surface area contributed by atoms with Gasteiger partial charge in [0.25, 0.3) is 0 Å². The topological polar surface area (TPSA) is 67.9 Å². The number of ether oxygens (including phenoxy) is 2. The minimum absolute atomic E-state index is 0.0911. The predicted molar refractivity (Wildman–Crippen MR) is 80.2 cm³/mol. The summed E-state index contributed by atoms with van der Waals surface area (Å²) in [7, 11) is 0. The predicted octanol–water partition coefficient (Wildman–Crippen LogP) is 2.77. The van der Waals surface area contributed by atoms with Gasteiger partial charge in [0.05, 0.1) is 12.6 Å². The SMILES string of the molecule is CCCCOC(=O)NC1CN(C(=O)OC(C)(C)C)CC1C. The normalized spacial score (nSPS) is 22.0. The number of carbonyl (C=O) groups is 2. The van der Waals surface area contributed by atoms with Gasteiger partial charge in [0, 0.05) is 13.1 Å². The van der Waals surface area contributed by atoms with Crippen LogP contribution < -0.4 is 5.32 Å². The molecule has 1 aliphatic heterocycles. The molecule has 21 heavy (non-hydrogen) atoms. The lowest BCUT2D eigenvalue weighted by molar-refractivity contribution is 0.0285. The van der Waals surface area contributed by atoms with E-state index in [1.165, 1.54) is 0 Å². The van der Waals surface area contributed by atoms with Crippen LogP contribution in [0.1, 0.15) is 47.5 Å². The van der Waals surface area contributed by atoms with Gasteiger partial charge >= 0.3 is 12.2 Å². The Kier molecular flexibility index (Phi) is 6.30. The Labute approximate surface area is 127 Å². The van der Waals surface area contributed by atoms with E-state index in [2.05, 4.69) is 5.32 Å². The Morgan fingerprint density at radius 1 is 1.29 bits per heavy atom. The zero-order valence-corrected chi connectivity index (χ0v) is 13.8. The molecule has 0 aliphatic carbocycles. The van der Waals surface area contributed by atoms with E-state index in [1.807, 2.05) is 34.6 Å². The molecule has 0 spiro atoms. The summed E-state index contributed by atoms with van der Waals surface area (Å²) >= 11 is 0. The van der Waals surface area contributed by atoms with Crippen LogP contribution in [0.25, 0.3) is 0 Å². The Morgan fingerprint density at radius 2 is 1.95 bits per heavy atom. The number of alkyl carbamates (subject to hydrolysis) is 1. The summed E-state index contributed by atoms with van der Waals surface area (Å²) in [5.74, 6) is 0.177. The van der Waals surface area contributed by atoms with Gasteiger partial charge in [-0.3, -0.25) is 0 Å². The molecule has 122 valence electrons. The fourth-order valence-electron chi connectivity index (χ4n) is 2.13. The van der Waals surface area contributed by atoms with E-state index in [0.717, 1.165) is 12.8 Å². The summed E-state index contributed by atoms with van der Waals surface area (Å²) in [6.45, 7) is 11.0. The van der Waals surface area contributed by atoms with Crippen molar-refractivity contribution in [2.24, 2.45) is 5.92 Å². The van der Waals surface area contributed by atoms with Gasteiger partial charge < -0.3 is 19.7 Å². The smallest absolute Gasteiger partial charge is 0.410 e. The molecule has 0 bridgehead atoms. The average molecular weight is 300 g/mol. The molecule has 2 atom stereocenters. The molecular formula is C15H28N2O4. The minimum Gasteiger partial charge on any atom is -0.450 e. The van der Waals surface area contributed by atoms with E-state index in [4.69, 9.17) is 9.47 Å². The van der Waals surface area contributed by atoms with Crippen LogP contribution in [0.2, 0.25) is 0 Å². The molecule has 0 aromatic carbocycles. The van der Waals surface area contributed by atoms with Crippen LogP contribution in [-0.4, -0.2) is 48.4 Å². The van der Waals surface area contributed by atoms with Crippen LogP contribution >= 0.6 is 0 Å². The van der Waals surface area contributed by atoms with Crippen LogP contribution in [0.4, 0.5) is 9.59 Å². The van der Waals surface area contributed by atoms with Crippen molar-refractivity contribution in [1.29, 1.82) is 0 Å². The standard InChI is InChI=1S/C15H28N2O4/c1-6-7-8-20-13(18)16-12-10-17(9-11(12)2)14(19)21-15(3,4)5/h11-12H,6-10H2,1-5H3,(H,16,18). The zero-order valence-electron chi connectivity index (χ0n) is 13.8. The minimum atomic E-state index is -0.509. The highest BCUT2D eigenvalue weighted by Crippen LogP contribution is 2.19. The molecule has 1 rings (SSSR count). The molecule has 0 aromatic heterocycles. The third-order valence-corrected chi connectivity index (χ3v) is 3.30. The van der Waals surface area contributed by atoms with Crippen LogP contribution in [0.3, 0.4) is 0 Å². The quantitative estimate of drug-likeness (QED) is 0.811. The van der Waals surface area contributed by atoms with Crippen LogP contribution in [-0.2, 0) is 9.47 Å². The van der Waals surface area contributed by atoms with E-state index in [0.29, 0.717) is 19.7 Å². The van der Waals surface area contributed by atoms with Crippen molar-refractivity contribution in [3.63, 3.8) is 0 Å². The molecule has 0 aromatic rings. The largest absolute Gasteiger partial charge is 0.450 e. The number of carbonyl (C=O) groups excluding carboxylic acids is 2. The van der Waals surface area contributed by atoms with Crippen molar-refractivity contribution in [2.45, 2.75) is 59.1 Å². The van der Waals surface area contributed by atoms with Gasteiger partial charge in [0.15, 0.2) is 0 Å². The lowest BCUT2D eigenvalue weighted by Gasteiger charge is -2.24. The maximum Gasteiger partial charge on any atom is 0.410 e. The van der Waals surface area contributed by atoms with E-state index >= 15 is 0 Å². The molecule has 0 saturated carbocycles. The van der Waals surface area contributed by atoms with Gasteiger partial charge in [-0.25, -0.2) is 9.59 Å². The van der Waals surface area contributed by atoms with Crippen molar-refractivity contribution >= 4 is 12.2 Å². The number of nitrogens with one attached hydrogen (secondary N) is 1. The number of hydrogen-bond donors (Lipinski definition) is 1. The van der Waals surface area contributed by atoms with Crippen molar-refractivity contribution in [3.8, 4) is 0 Å². The molecule has 1 saturated heterocycles. The zero-order chi connectivity index (χ0) is 16.0. The number of hydrogen-bond acceptors (Lipinski definition) is 4. The van der Waals surface area contributed by atoms with E-state index in [1.54, 1.807) is 4.90 Å². The second kappa shape index (κ2) is 7.52. The maximum atomic E-state index is 12.0. The second-order valence-corrected chi connectivity index (χ2v) is 6.60. The van der Waals surface area contributed by atoms with Crippen LogP contribution in [0.5, 0.6) is 0 Å². The molecule has 1 fully saturated rings. The molecular weight excluding hydrogens is 272 g/mol. The number of rotatable bonds is 4. The molecule has 1 N–H and O–H groups in total. The summed E-state index contributed by atoms with van der Waals surface area (Å²) in [6, 6.07) is -0.0911. The van der Waals surface area contributed by atoms with Gasteiger partial charge in [-0.2, -0.15) is 0 Å². The maximum absolute atomic E-state index is 12.0. The Morgan fingerprint density at radius 3 is 2.52 bits per heavy atom. The average Bonchev–Trinajstić information content (AvgIpc) is 2.69. The number of likely N-dealkylation sites (tertiary alicyclic amines) is 1. The Bertz CT molecular complexity index is 365. The fraction of sp³-hybridized carbons (Fsp3) is 0.867. The van der Waals surface area contributed by atoms with Crippen molar-refractivity contribution in [2.75, 3.05) is 19.7 Å². The first-order valence-corrected chi connectivity index (χ1v) is 7.64. The van der Waals surface area contributed by atoms with Crippen molar-refractivity contribution in [1.82, 2.24) is 10.2 Å². The monoisotopic (exact) mass is 300 g/mol. The van der Waals surface area contributed by atoms with E-state index in [-0.39, 0.29) is 18.1 Å². The molecule has 6 heteroatoms. The number of nitrogens with zero attached hydrogens (tertiary/aromatic N) is 1. The first-order chi connectivity index (χ1) is 9.73. The Hall–Kier alpha value is -1.46. The van der Waals surface area contributed by atoms with Gasteiger partial charge in [-0.05, 0) is 33.1 Å². The summed E-state index contributed by atoms with van der Waals surface area (Å²) in [5.41, 5.74) is -0.509. The van der Waals surface area contributed by atoms with Crippen LogP contribution in [0.15, 0.2) is 0 Å². The molecule has 1 aliphatic rings. The third-order valence-electron chi connectivity index (χ3n) is 3.30. The second-order valence-electron chi connectivity index (χ2n) is 6.60. The van der Waals surface area contributed by atoms with Gasteiger partial charge in [0.1, 0.15) is 5.60 Å². The first-order valence-electron chi connectivity index (χ1n) is 7.64. The van der Waals surface area contributed by atoms with Crippen molar-refractivity contribution in [3.05, 3.63) is 0 Å². The number of amides is 2. The number of unbranched alkanes of at least 4 members (excludes halogenated alkanes) is 1. The highest BCUT2D eigenvalue weighted by molar-refractivity contribution is 5.70. The third kappa shape index (κ3) is 6.23. The Balaban J connectivity index is 2.42. The lowest BCUT2D eigenvalue weighted by Crippen LogP contribution is -2.41. The van der Waals surface area contributed by atoms with Gasteiger partial charge in [0.2, 0.25) is 0 Å². The molecule has 2 unspecified atom stereocenters. The van der Waals surface area contributed by atoms with Gasteiger partial charge in [-0.15, -0.1) is 0 Å². The summed E-state index contributed by atoms with van der Waals surface area (Å²) in [6.07, 6.45) is 1.10. The molecule has 0 radical (unpaired) electrons. The summed E-state index contributed by atoms with van der Waals surface area (Å²) < 4.78 is 10.4. The van der Waals surface area contributed by atoms with Crippen molar-refractivity contribution < 1.29 is 19.1 Å². The van der Waals surface area contributed by atoms with Gasteiger partial charge in [-0.1, -0.05) is 20.3 Å². The van der Waals surface area contributed by atoms with E-state index < -0.39 is 11.7 Å². The molecule has 6 nitrogen and oxygen atoms in total. The van der Waals surface area contributed by atoms with E-state index in [9.17, 15) is 9.59 Å². The highest BCUT2D eigenvalue weighted by Gasteiger charge is 2.35. The van der Waals surface area contributed by atoms with Crippen LogP contribution in [0, 0.1) is 5.92 Å².